The number of hydrogen-bond donors (Lipinski definition) is 5. The van der Waals surface area contributed by atoms with Crippen LogP contribution in [0.25, 0.3) is 25.6 Å². The summed E-state index contributed by atoms with van der Waals surface area (Å²) in [5.74, 6) is 1.28. The predicted octanol–water partition coefficient (Wildman–Crippen LogP) is 14.0. The number of thiol groups is 4. The van der Waals surface area contributed by atoms with Crippen LogP contribution in [0.5, 0.6) is 0 Å². The van der Waals surface area contributed by atoms with E-state index in [0.29, 0.717) is 33.7 Å². The molecule has 0 fully saturated rings. The molecule has 8 aromatic rings. The number of nitriles is 1. The second kappa shape index (κ2) is 16.2. The molecule has 0 spiro atoms. The van der Waals surface area contributed by atoms with Crippen molar-refractivity contribution in [2.45, 2.75) is 80.4 Å². The van der Waals surface area contributed by atoms with Gasteiger partial charge in [-0.25, -0.2) is 15.0 Å². The number of rotatable bonds is 8. The van der Waals surface area contributed by atoms with Crippen LogP contribution in [0.1, 0.15) is 59.8 Å². The number of anilines is 5. The van der Waals surface area contributed by atoms with Gasteiger partial charge in [-0.05, 0) is 117 Å². The average molecular weight is 901 g/mol. The first-order chi connectivity index (χ1) is 28.5. The van der Waals surface area contributed by atoms with Gasteiger partial charge in [0.1, 0.15) is 23.1 Å². The Labute approximate surface area is 378 Å². The lowest BCUT2D eigenvalue weighted by atomic mass is 9.90. The van der Waals surface area contributed by atoms with Crippen molar-refractivity contribution in [1.29, 1.82) is 5.26 Å². The van der Waals surface area contributed by atoms with Gasteiger partial charge in [-0.2, -0.15) is 15.0 Å². The SMILES string of the molecule is Cc1cc(C)c(Nc2nc(N(c3nc4ccc(S)cc4s3)c3c(C)cc(C)c(S)c3C)ccc2/N=N/c2c(C#N)c(C(C)(C)C)nn2-c2nc3ccc(S)cc3s2)cc1S. The van der Waals surface area contributed by atoms with Crippen LogP contribution in [0.4, 0.5) is 39.6 Å². The predicted molar refractivity (Wildman–Crippen MR) is 259 cm³/mol. The molecule has 0 radical (unpaired) electrons. The van der Waals surface area contributed by atoms with Crippen LogP contribution in [0, 0.1) is 45.9 Å². The van der Waals surface area contributed by atoms with E-state index in [1.165, 1.54) is 11.3 Å². The lowest BCUT2D eigenvalue weighted by Gasteiger charge is -2.27. The first-order valence-electron chi connectivity index (χ1n) is 18.8. The first kappa shape index (κ1) is 41.8. The second-order valence-electron chi connectivity index (χ2n) is 15.6. The topological polar surface area (TPSA) is 120 Å². The maximum absolute atomic E-state index is 10.6. The molecule has 0 aliphatic heterocycles. The molecule has 8 rings (SSSR count). The molecule has 0 aliphatic rings. The maximum atomic E-state index is 10.6. The van der Waals surface area contributed by atoms with Crippen molar-refractivity contribution >= 4 is 133 Å². The van der Waals surface area contributed by atoms with Crippen LogP contribution in [0.15, 0.2) is 96.5 Å². The number of azo groups is 1. The fourth-order valence-electron chi connectivity index (χ4n) is 7.01. The molecule has 1 N–H and O–H groups in total. The Morgan fingerprint density at radius 1 is 0.750 bits per heavy atom. The van der Waals surface area contributed by atoms with Crippen molar-refractivity contribution in [3.8, 4) is 11.2 Å². The number of thiazole rings is 2. The average Bonchev–Trinajstić information content (AvgIpc) is 3.91. The summed E-state index contributed by atoms with van der Waals surface area (Å²) < 4.78 is 3.54. The Kier molecular flexibility index (Phi) is 11.3. The first-order valence-corrected chi connectivity index (χ1v) is 22.3. The highest BCUT2D eigenvalue weighted by molar-refractivity contribution is 7.80. The van der Waals surface area contributed by atoms with Gasteiger partial charge in [-0.3, -0.25) is 4.90 Å². The van der Waals surface area contributed by atoms with Gasteiger partial charge in [0.05, 0.1) is 31.8 Å². The molecule has 0 amide bonds. The third-order valence-electron chi connectivity index (χ3n) is 10.0. The van der Waals surface area contributed by atoms with E-state index >= 15 is 0 Å². The summed E-state index contributed by atoms with van der Waals surface area (Å²) >= 11 is 21.8. The van der Waals surface area contributed by atoms with Crippen molar-refractivity contribution in [3.05, 3.63) is 106 Å². The van der Waals surface area contributed by atoms with Crippen LogP contribution in [0.2, 0.25) is 0 Å². The minimum absolute atomic E-state index is 0.263. The van der Waals surface area contributed by atoms with Gasteiger partial charge in [-0.15, -0.1) is 60.7 Å². The van der Waals surface area contributed by atoms with E-state index in [-0.39, 0.29) is 5.82 Å². The molecule has 4 heterocycles. The number of hydrogen-bond acceptors (Lipinski definition) is 15. The van der Waals surface area contributed by atoms with Crippen LogP contribution < -0.4 is 10.2 Å². The number of aromatic nitrogens is 5. The van der Waals surface area contributed by atoms with Crippen molar-refractivity contribution in [3.63, 3.8) is 0 Å². The molecule has 0 bridgehead atoms. The molecule has 0 aliphatic carbocycles. The quantitative estimate of drug-likeness (QED) is 0.0761. The van der Waals surface area contributed by atoms with Gasteiger partial charge in [-0.1, -0.05) is 55.6 Å². The molecule has 4 aromatic heterocycles. The van der Waals surface area contributed by atoms with Crippen molar-refractivity contribution in [1.82, 2.24) is 24.7 Å². The minimum Gasteiger partial charge on any atom is -0.338 e. The molecule has 0 saturated carbocycles. The highest BCUT2D eigenvalue weighted by Crippen LogP contribution is 2.46. The van der Waals surface area contributed by atoms with Crippen LogP contribution in [-0.4, -0.2) is 24.7 Å². The third kappa shape index (κ3) is 7.90. The number of pyridine rings is 1. The molecule has 302 valence electrons. The monoisotopic (exact) mass is 900 g/mol. The van der Waals surface area contributed by atoms with Crippen LogP contribution in [-0.2, 0) is 5.41 Å². The summed E-state index contributed by atoms with van der Waals surface area (Å²) in [5.41, 5.74) is 9.37. The molecular weight excluding hydrogens is 861 g/mol. The Morgan fingerprint density at radius 2 is 1.42 bits per heavy atom. The van der Waals surface area contributed by atoms with E-state index in [0.717, 1.165) is 84.3 Å². The summed E-state index contributed by atoms with van der Waals surface area (Å²) in [6.45, 7) is 16.3. The Hall–Kier alpha value is -4.89. The molecule has 60 heavy (non-hydrogen) atoms. The van der Waals surface area contributed by atoms with Crippen molar-refractivity contribution < 1.29 is 0 Å². The Morgan fingerprint density at radius 3 is 2.10 bits per heavy atom. The highest BCUT2D eigenvalue weighted by atomic mass is 32.1. The van der Waals surface area contributed by atoms with Crippen LogP contribution in [0.3, 0.4) is 0 Å². The van der Waals surface area contributed by atoms with Gasteiger partial charge in [0, 0.05) is 30.7 Å². The van der Waals surface area contributed by atoms with E-state index in [1.54, 1.807) is 16.0 Å². The molecule has 4 aromatic carbocycles. The second-order valence-corrected chi connectivity index (χ2v) is 19.6. The number of nitrogens with one attached hydrogen (secondary N) is 1. The minimum atomic E-state index is -0.476. The molecule has 16 heteroatoms. The van der Waals surface area contributed by atoms with Crippen molar-refractivity contribution in [2.24, 2.45) is 10.2 Å². The summed E-state index contributed by atoms with van der Waals surface area (Å²) in [6.07, 6.45) is 0. The van der Waals surface area contributed by atoms with E-state index < -0.39 is 5.41 Å². The normalized spacial score (nSPS) is 11.9. The molecule has 0 saturated heterocycles. The zero-order chi connectivity index (χ0) is 42.8. The maximum Gasteiger partial charge on any atom is 0.213 e. The Balaban J connectivity index is 1.34. The van der Waals surface area contributed by atoms with E-state index in [2.05, 4.69) is 74.4 Å². The third-order valence-corrected chi connectivity index (χ3v) is 13.8. The smallest absolute Gasteiger partial charge is 0.213 e. The zero-order valence-electron chi connectivity index (χ0n) is 34.0. The summed E-state index contributed by atoms with van der Waals surface area (Å²) in [6, 6.07) is 24.0. The molecule has 0 atom stereocenters. The summed E-state index contributed by atoms with van der Waals surface area (Å²) in [4.78, 5) is 20.8. The lowest BCUT2D eigenvalue weighted by molar-refractivity contribution is 0.559. The zero-order valence-corrected chi connectivity index (χ0v) is 39.2. The molecule has 10 nitrogen and oxygen atoms in total. The lowest BCUT2D eigenvalue weighted by Crippen LogP contribution is -2.15. The van der Waals surface area contributed by atoms with Gasteiger partial charge in [0.2, 0.25) is 5.13 Å². The summed E-state index contributed by atoms with van der Waals surface area (Å²) in [7, 11) is 0. The van der Waals surface area contributed by atoms with E-state index in [4.69, 9.17) is 55.5 Å². The van der Waals surface area contributed by atoms with Gasteiger partial charge < -0.3 is 5.32 Å². The number of nitrogens with zero attached hydrogens (tertiary/aromatic N) is 9. The highest BCUT2D eigenvalue weighted by Gasteiger charge is 2.30. The fraction of sp³-hybridized carbons (Fsp3) is 0.205. The van der Waals surface area contributed by atoms with Gasteiger partial charge >= 0.3 is 0 Å². The fourth-order valence-corrected chi connectivity index (χ4v) is 9.94. The molecular formula is C44H40N10S6. The summed E-state index contributed by atoms with van der Waals surface area (Å²) in [5, 5.41) is 30.0. The van der Waals surface area contributed by atoms with Gasteiger partial charge in [0.15, 0.2) is 16.8 Å². The van der Waals surface area contributed by atoms with Crippen molar-refractivity contribution in [2.75, 3.05) is 10.2 Å². The largest absolute Gasteiger partial charge is 0.338 e. The Bertz CT molecular complexity index is 3090. The van der Waals surface area contributed by atoms with Gasteiger partial charge in [0.25, 0.3) is 0 Å². The van der Waals surface area contributed by atoms with E-state index in [1.807, 2.05) is 89.2 Å². The van der Waals surface area contributed by atoms with E-state index in [9.17, 15) is 5.26 Å². The van der Waals surface area contributed by atoms with Crippen LogP contribution >= 0.6 is 73.2 Å². The molecule has 0 unspecified atom stereocenters. The number of benzene rings is 4. The number of aryl methyl sites for hydroxylation is 4. The standard InChI is InChI=1S/C44H40N10S6/c1-21-15-22(2)33(57)19-32(21)46-40-31(50-51-41-28(20-45)39(44(6,7)8)52-54(41)43-48-30-12-10-27(56)18-35(30)60-43)13-14-36(49-40)53(37-23(3)16-24(4)38(58)25(37)5)42-47-29-11-9-26(55)17-34(29)59-42/h9-19,55-58H,1-8H3,(H,46,49)/b51-50+. The number of fused-ring (bicyclic) bond motifs is 2.